The molecule has 0 aliphatic carbocycles. The molecule has 0 amide bonds. The van der Waals surface area contributed by atoms with Crippen molar-refractivity contribution in [2.75, 3.05) is 5.32 Å². The Morgan fingerprint density at radius 3 is 2.43 bits per heavy atom. The number of benzene rings is 3. The maximum absolute atomic E-state index is 8.22. The van der Waals surface area contributed by atoms with E-state index in [2.05, 4.69) is 29.0 Å². The molecule has 150 valence electrons. The summed E-state index contributed by atoms with van der Waals surface area (Å²) in [7, 11) is 0. The number of allylic oxidation sites excluding steroid dienone is 1. The van der Waals surface area contributed by atoms with Gasteiger partial charge in [0.1, 0.15) is 0 Å². The zero-order chi connectivity index (χ0) is 21.5. The molecule has 3 aromatic carbocycles. The quantitative estimate of drug-likeness (QED) is 0.228. The number of hydrogen-bond acceptors (Lipinski definition) is 3. The molecule has 3 aromatic rings. The van der Waals surface area contributed by atoms with Crippen molar-refractivity contribution in [3.63, 3.8) is 0 Å². The molecule has 0 aromatic heterocycles. The van der Waals surface area contributed by atoms with Crippen molar-refractivity contribution in [1.82, 2.24) is 0 Å². The van der Waals surface area contributed by atoms with Gasteiger partial charge in [-0.1, -0.05) is 62.1 Å². The van der Waals surface area contributed by atoms with Gasteiger partial charge in [-0.25, -0.2) is 4.99 Å². The Morgan fingerprint density at radius 2 is 1.80 bits per heavy atom. The fourth-order valence-electron chi connectivity index (χ4n) is 3.32. The highest BCUT2D eigenvalue weighted by Gasteiger charge is 2.08. The molecule has 0 saturated carbocycles. The summed E-state index contributed by atoms with van der Waals surface area (Å²) in [5.74, 6) is 0.211. The Balaban J connectivity index is 1.96. The normalized spacial score (nSPS) is 11.9. The van der Waals surface area contributed by atoms with Crippen LogP contribution in [0.15, 0.2) is 90.0 Å². The Kier molecular flexibility index (Phi) is 6.71. The van der Waals surface area contributed by atoms with Crippen molar-refractivity contribution in [3.05, 3.63) is 96.1 Å². The Morgan fingerprint density at radius 1 is 1.07 bits per heavy atom. The molecule has 0 saturated heterocycles. The average Bonchev–Trinajstić information content (AvgIpc) is 2.78. The van der Waals surface area contributed by atoms with Crippen molar-refractivity contribution in [2.24, 2.45) is 4.99 Å². The molecule has 3 rings (SSSR count). The van der Waals surface area contributed by atoms with Gasteiger partial charge in [0.15, 0.2) is 5.84 Å². The van der Waals surface area contributed by atoms with E-state index in [4.69, 9.17) is 10.8 Å². The lowest BCUT2D eigenvalue weighted by atomic mass is 10.0. The highest BCUT2D eigenvalue weighted by atomic mass is 14.9. The summed E-state index contributed by atoms with van der Waals surface area (Å²) in [5, 5.41) is 21.7. The van der Waals surface area contributed by atoms with E-state index < -0.39 is 0 Å². The van der Waals surface area contributed by atoms with Crippen LogP contribution in [0.4, 0.5) is 11.4 Å². The summed E-state index contributed by atoms with van der Waals surface area (Å²) in [4.78, 5) is 4.53. The average molecular weight is 395 g/mol. The number of rotatable bonds is 7. The molecule has 0 fully saturated rings. The van der Waals surface area contributed by atoms with Crippen molar-refractivity contribution in [2.45, 2.75) is 20.3 Å². The molecular weight excluding hydrogens is 368 g/mol. The van der Waals surface area contributed by atoms with E-state index in [-0.39, 0.29) is 5.84 Å². The summed E-state index contributed by atoms with van der Waals surface area (Å²) in [5.41, 5.74) is 5.13. The smallest absolute Gasteiger partial charge is 0.151 e. The van der Waals surface area contributed by atoms with Crippen molar-refractivity contribution in [1.29, 1.82) is 10.8 Å². The Bertz CT molecular complexity index is 1170. The third-order valence-electron chi connectivity index (χ3n) is 4.93. The van der Waals surface area contributed by atoms with Crippen molar-refractivity contribution >= 4 is 39.9 Å². The summed E-state index contributed by atoms with van der Waals surface area (Å²) >= 11 is 0. The molecule has 3 N–H and O–H groups in total. The topological polar surface area (TPSA) is 72.1 Å². The molecule has 4 nitrogen and oxygen atoms in total. The first-order valence-corrected chi connectivity index (χ1v) is 9.95. The number of aliphatic imine (C=N–C) groups is 1. The zero-order valence-corrected chi connectivity index (χ0v) is 17.4. The largest absolute Gasteiger partial charge is 0.355 e. The highest BCUT2D eigenvalue weighted by Crippen LogP contribution is 2.26. The predicted molar refractivity (Wildman–Crippen MR) is 130 cm³/mol. The molecule has 0 atom stereocenters. The fourth-order valence-corrected chi connectivity index (χ4v) is 3.32. The van der Waals surface area contributed by atoms with E-state index in [0.717, 1.165) is 39.0 Å². The van der Waals surface area contributed by atoms with Gasteiger partial charge in [0, 0.05) is 34.4 Å². The molecule has 0 radical (unpaired) electrons. The van der Waals surface area contributed by atoms with E-state index in [1.807, 2.05) is 68.5 Å². The number of nitrogens with zero attached hydrogens (tertiary/aromatic N) is 1. The predicted octanol–water partition coefficient (Wildman–Crippen LogP) is 6.89. The molecular formula is C26H26N4. The number of nitrogens with one attached hydrogen (secondary N) is 3. The van der Waals surface area contributed by atoms with Crippen LogP contribution >= 0.6 is 0 Å². The second-order valence-corrected chi connectivity index (χ2v) is 6.85. The molecule has 0 unspecified atom stereocenters. The minimum absolute atomic E-state index is 0.211. The first-order valence-electron chi connectivity index (χ1n) is 9.95. The monoisotopic (exact) mass is 394 g/mol. The molecule has 0 heterocycles. The molecule has 30 heavy (non-hydrogen) atoms. The van der Waals surface area contributed by atoms with Crippen molar-refractivity contribution in [3.8, 4) is 0 Å². The molecule has 0 spiro atoms. The summed E-state index contributed by atoms with van der Waals surface area (Å²) in [6, 6.07) is 20.2. The van der Waals surface area contributed by atoms with E-state index in [1.54, 1.807) is 6.08 Å². The van der Waals surface area contributed by atoms with Crippen LogP contribution in [-0.2, 0) is 0 Å². The number of anilines is 2. The van der Waals surface area contributed by atoms with Gasteiger partial charge in [-0.3, -0.25) is 5.41 Å². The van der Waals surface area contributed by atoms with Gasteiger partial charge in [0.25, 0.3) is 0 Å². The molecule has 0 aliphatic heterocycles. The van der Waals surface area contributed by atoms with Crippen LogP contribution in [0.2, 0.25) is 0 Å². The lowest BCUT2D eigenvalue weighted by Gasteiger charge is -2.13. The molecule has 4 heteroatoms. The summed E-state index contributed by atoms with van der Waals surface area (Å²) in [6.07, 6.45) is 5.56. The maximum atomic E-state index is 8.22. The first kappa shape index (κ1) is 20.9. The highest BCUT2D eigenvalue weighted by molar-refractivity contribution is 6.12. The van der Waals surface area contributed by atoms with Gasteiger partial charge in [-0.15, -0.1) is 0 Å². The van der Waals surface area contributed by atoms with E-state index >= 15 is 0 Å². The SMILES string of the molecule is C=C/C(=C\C)C(=N)/N=C(\CC)c1cccc(Nc2cc3ccccc3cc2C=N)c1. The molecule has 0 aliphatic rings. The van der Waals surface area contributed by atoms with Crippen LogP contribution in [0, 0.1) is 10.8 Å². The van der Waals surface area contributed by atoms with E-state index in [1.165, 1.54) is 6.21 Å². The fraction of sp³-hybridized carbons (Fsp3) is 0.115. The Labute approximate surface area is 177 Å². The van der Waals surface area contributed by atoms with Gasteiger partial charge >= 0.3 is 0 Å². The zero-order valence-electron chi connectivity index (χ0n) is 17.4. The van der Waals surface area contributed by atoms with Crippen molar-refractivity contribution < 1.29 is 0 Å². The maximum Gasteiger partial charge on any atom is 0.151 e. The summed E-state index contributed by atoms with van der Waals surface area (Å²) < 4.78 is 0. The first-order chi connectivity index (χ1) is 14.6. The van der Waals surface area contributed by atoms with Gasteiger partial charge in [0.2, 0.25) is 0 Å². The van der Waals surface area contributed by atoms with Crippen LogP contribution in [-0.4, -0.2) is 17.8 Å². The van der Waals surface area contributed by atoms with Crippen LogP contribution in [0.1, 0.15) is 31.4 Å². The second kappa shape index (κ2) is 9.61. The standard InChI is InChI=1S/C26H26N4/c1-4-18(5-2)26(28)30-24(6-3)21-12-9-13-23(15-21)29-25-16-20-11-8-7-10-19(20)14-22(25)17-27/h4-5,7-17,27-29H,1,6H2,2-3H3/b18-5+,27-17?,28-26?,30-24+. The minimum Gasteiger partial charge on any atom is -0.355 e. The van der Waals surface area contributed by atoms with Gasteiger partial charge in [0.05, 0.1) is 0 Å². The lowest BCUT2D eigenvalue weighted by molar-refractivity contribution is 1.26. The minimum atomic E-state index is 0.211. The van der Waals surface area contributed by atoms with Gasteiger partial charge < -0.3 is 10.7 Å². The lowest BCUT2D eigenvalue weighted by Crippen LogP contribution is -2.06. The third kappa shape index (κ3) is 4.61. The second-order valence-electron chi connectivity index (χ2n) is 6.85. The molecule has 0 bridgehead atoms. The Hall–Kier alpha value is -3.79. The van der Waals surface area contributed by atoms with Crippen LogP contribution in [0.5, 0.6) is 0 Å². The van der Waals surface area contributed by atoms with Gasteiger partial charge in [-0.2, -0.15) is 0 Å². The van der Waals surface area contributed by atoms with Crippen LogP contribution in [0.25, 0.3) is 10.8 Å². The number of fused-ring (bicyclic) bond motifs is 1. The number of hydrogen-bond donors (Lipinski definition) is 3. The summed E-state index contributed by atoms with van der Waals surface area (Å²) in [6.45, 7) is 7.66. The van der Waals surface area contributed by atoms with Crippen LogP contribution in [0.3, 0.4) is 0 Å². The van der Waals surface area contributed by atoms with E-state index in [0.29, 0.717) is 12.0 Å². The van der Waals surface area contributed by atoms with E-state index in [9.17, 15) is 0 Å². The van der Waals surface area contributed by atoms with Gasteiger partial charge in [-0.05, 0) is 53.9 Å². The van der Waals surface area contributed by atoms with Crippen LogP contribution < -0.4 is 5.32 Å². The third-order valence-corrected chi connectivity index (χ3v) is 4.93. The number of amidine groups is 1.